The molecule has 0 amide bonds. The fourth-order valence-electron chi connectivity index (χ4n) is 3.39. The van der Waals surface area contributed by atoms with Gasteiger partial charge < -0.3 is 0 Å². The molecule has 118 valence electrons. The molecule has 2 nitrogen and oxygen atoms in total. The molecule has 1 aliphatic rings. The highest BCUT2D eigenvalue weighted by molar-refractivity contribution is 7.13. The number of H-pyrrole nitrogens is 1. The van der Waals surface area contributed by atoms with Crippen molar-refractivity contribution in [2.45, 2.75) is 11.8 Å². The van der Waals surface area contributed by atoms with Crippen molar-refractivity contribution in [1.82, 2.24) is 10.2 Å². The zero-order valence-corrected chi connectivity index (χ0v) is 15.2. The minimum Gasteiger partial charge on any atom is -0.281 e. The Morgan fingerprint density at radius 2 is 1.62 bits per heavy atom. The number of rotatable bonds is 3. The summed E-state index contributed by atoms with van der Waals surface area (Å²) in [6.45, 7) is 0. The van der Waals surface area contributed by atoms with Gasteiger partial charge >= 0.3 is 0 Å². The van der Waals surface area contributed by atoms with E-state index in [2.05, 4.69) is 74.9 Å². The van der Waals surface area contributed by atoms with E-state index in [-0.39, 0.29) is 5.41 Å². The summed E-state index contributed by atoms with van der Waals surface area (Å²) >= 11 is 5.39. The van der Waals surface area contributed by atoms with Gasteiger partial charge in [0.25, 0.3) is 0 Å². The van der Waals surface area contributed by atoms with Crippen LogP contribution in [-0.4, -0.2) is 10.2 Å². The maximum absolute atomic E-state index is 4.61. The lowest BCUT2D eigenvalue weighted by atomic mass is 9.75. The fraction of sp³-hybridized carbons (Fsp3) is 0.105. The summed E-state index contributed by atoms with van der Waals surface area (Å²) in [6.07, 6.45) is 5.56. The van der Waals surface area contributed by atoms with Crippen LogP contribution in [-0.2, 0) is 11.8 Å². The second kappa shape index (κ2) is 5.55. The van der Waals surface area contributed by atoms with E-state index in [0.717, 1.165) is 12.1 Å². The Labute approximate surface area is 152 Å². The van der Waals surface area contributed by atoms with Crippen LogP contribution >= 0.6 is 34.0 Å². The Morgan fingerprint density at radius 1 is 0.917 bits per heavy atom. The number of hydrogen-bond acceptors (Lipinski definition) is 4. The molecule has 4 aromatic heterocycles. The van der Waals surface area contributed by atoms with Gasteiger partial charge in [-0.1, -0.05) is 30.4 Å². The molecule has 1 aliphatic carbocycles. The first-order valence-corrected chi connectivity index (χ1v) is 10.4. The van der Waals surface area contributed by atoms with Crippen molar-refractivity contribution in [2.24, 2.45) is 0 Å². The summed E-state index contributed by atoms with van der Waals surface area (Å²) in [5.41, 5.74) is 3.46. The molecule has 0 saturated heterocycles. The molecule has 0 spiro atoms. The molecule has 0 aliphatic heterocycles. The summed E-state index contributed by atoms with van der Waals surface area (Å²) in [7, 11) is 0. The van der Waals surface area contributed by atoms with Gasteiger partial charge in [-0.25, -0.2) is 0 Å². The molecule has 0 aromatic carbocycles. The first-order valence-electron chi connectivity index (χ1n) is 7.75. The molecule has 0 radical (unpaired) electrons. The smallest absolute Gasteiger partial charge is 0.109 e. The quantitative estimate of drug-likeness (QED) is 0.486. The number of fused-ring (bicyclic) bond motifs is 1. The summed E-state index contributed by atoms with van der Waals surface area (Å²) in [5.74, 6) is 0. The Hall–Kier alpha value is -1.95. The summed E-state index contributed by atoms with van der Waals surface area (Å²) in [5, 5.41) is 14.3. The lowest BCUT2D eigenvalue weighted by Crippen LogP contribution is -2.28. The number of aromatic nitrogens is 2. The van der Waals surface area contributed by atoms with Gasteiger partial charge in [-0.2, -0.15) is 5.10 Å². The third-order valence-corrected chi connectivity index (χ3v) is 7.52. The van der Waals surface area contributed by atoms with Crippen LogP contribution in [0.3, 0.4) is 0 Å². The molecule has 0 atom stereocenters. The van der Waals surface area contributed by atoms with E-state index in [1.54, 1.807) is 11.3 Å². The molecule has 0 unspecified atom stereocenters. The highest BCUT2D eigenvalue weighted by atomic mass is 32.1. The van der Waals surface area contributed by atoms with Gasteiger partial charge in [0, 0.05) is 27.4 Å². The number of nitrogens with zero attached hydrogens (tertiary/aromatic N) is 1. The maximum Gasteiger partial charge on any atom is 0.109 e. The van der Waals surface area contributed by atoms with Gasteiger partial charge in [-0.3, -0.25) is 5.10 Å². The van der Waals surface area contributed by atoms with Gasteiger partial charge in [0.05, 0.1) is 10.3 Å². The summed E-state index contributed by atoms with van der Waals surface area (Å²) < 4.78 is 0. The minimum absolute atomic E-state index is 0.0748. The first kappa shape index (κ1) is 14.4. The monoisotopic (exact) mass is 366 g/mol. The van der Waals surface area contributed by atoms with E-state index in [1.807, 2.05) is 22.7 Å². The molecule has 0 bridgehead atoms. The second-order valence-corrected chi connectivity index (χ2v) is 8.72. The van der Waals surface area contributed by atoms with Crippen LogP contribution in [0.2, 0.25) is 0 Å². The Morgan fingerprint density at radius 3 is 2.25 bits per heavy atom. The Kier molecular flexibility index (Phi) is 3.33. The summed E-state index contributed by atoms with van der Waals surface area (Å²) in [4.78, 5) is 4.00. The third kappa shape index (κ3) is 2.09. The highest BCUT2D eigenvalue weighted by Gasteiger charge is 2.38. The van der Waals surface area contributed by atoms with Crippen LogP contribution in [0.4, 0.5) is 0 Å². The van der Waals surface area contributed by atoms with Crippen LogP contribution in [0, 0.1) is 0 Å². The van der Waals surface area contributed by atoms with E-state index < -0.39 is 0 Å². The van der Waals surface area contributed by atoms with Gasteiger partial charge in [-0.15, -0.1) is 34.0 Å². The normalized spacial score (nSPS) is 15.5. The number of nitrogens with one attached hydrogen (secondary N) is 1. The number of aromatic amines is 1. The average Bonchev–Trinajstić information content (AvgIpc) is 3.43. The minimum atomic E-state index is -0.0748. The second-order valence-electron chi connectivity index (χ2n) is 5.88. The molecule has 5 heteroatoms. The molecule has 4 heterocycles. The van der Waals surface area contributed by atoms with Crippen molar-refractivity contribution in [3.05, 3.63) is 79.6 Å². The SMILES string of the molecule is C1=CC(c2cccs2)(c2cccs2)Cc2[nH]nc(-c3cccs3)c21. The molecular weight excluding hydrogens is 352 g/mol. The maximum atomic E-state index is 4.61. The predicted molar refractivity (Wildman–Crippen MR) is 104 cm³/mol. The molecular formula is C19H14N2S3. The van der Waals surface area contributed by atoms with Crippen molar-refractivity contribution in [3.63, 3.8) is 0 Å². The van der Waals surface area contributed by atoms with E-state index in [0.29, 0.717) is 0 Å². The Bertz CT molecular complexity index is 940. The Balaban J connectivity index is 1.66. The van der Waals surface area contributed by atoms with Crippen molar-refractivity contribution in [2.75, 3.05) is 0 Å². The third-order valence-electron chi connectivity index (χ3n) is 4.55. The van der Waals surface area contributed by atoms with Gasteiger partial charge in [0.15, 0.2) is 0 Å². The van der Waals surface area contributed by atoms with Crippen LogP contribution in [0.1, 0.15) is 21.0 Å². The number of hydrogen-bond donors (Lipinski definition) is 1. The summed E-state index contributed by atoms with van der Waals surface area (Å²) in [6, 6.07) is 13.0. The van der Waals surface area contributed by atoms with Gasteiger partial charge in [0.1, 0.15) is 5.69 Å². The predicted octanol–water partition coefficient (Wildman–Crippen LogP) is 5.82. The average molecular weight is 367 g/mol. The molecule has 5 rings (SSSR count). The van der Waals surface area contributed by atoms with Gasteiger partial charge in [0.2, 0.25) is 0 Å². The van der Waals surface area contributed by atoms with Crippen LogP contribution in [0.5, 0.6) is 0 Å². The topological polar surface area (TPSA) is 28.7 Å². The van der Waals surface area contributed by atoms with E-state index >= 15 is 0 Å². The van der Waals surface area contributed by atoms with Crippen molar-refractivity contribution in [3.8, 4) is 10.6 Å². The van der Waals surface area contributed by atoms with E-state index in [4.69, 9.17) is 0 Å². The standard InChI is InChI=1S/C19H14N2S3/c1-4-15(22-9-1)18-13-7-8-19(12-14(13)20-21-18,16-5-2-10-23-16)17-6-3-11-24-17/h1-11H,12H2,(H,20,21). The van der Waals surface area contributed by atoms with Crippen molar-refractivity contribution in [1.29, 1.82) is 0 Å². The number of thiophene rings is 3. The lowest BCUT2D eigenvalue weighted by Gasteiger charge is -2.31. The first-order chi connectivity index (χ1) is 11.9. The zero-order chi connectivity index (χ0) is 16.0. The molecule has 4 aromatic rings. The van der Waals surface area contributed by atoms with Crippen LogP contribution < -0.4 is 0 Å². The largest absolute Gasteiger partial charge is 0.281 e. The van der Waals surface area contributed by atoms with E-state index in [1.165, 1.54) is 25.9 Å². The lowest BCUT2D eigenvalue weighted by molar-refractivity contribution is 0.645. The van der Waals surface area contributed by atoms with Crippen molar-refractivity contribution < 1.29 is 0 Å². The van der Waals surface area contributed by atoms with E-state index in [9.17, 15) is 0 Å². The zero-order valence-electron chi connectivity index (χ0n) is 12.7. The molecule has 1 N–H and O–H groups in total. The van der Waals surface area contributed by atoms with Crippen LogP contribution in [0.15, 0.2) is 58.6 Å². The highest BCUT2D eigenvalue weighted by Crippen LogP contribution is 2.46. The molecule has 0 fully saturated rings. The number of allylic oxidation sites excluding steroid dienone is 1. The molecule has 0 saturated carbocycles. The van der Waals surface area contributed by atoms with Crippen LogP contribution in [0.25, 0.3) is 16.6 Å². The molecule has 24 heavy (non-hydrogen) atoms. The fourth-order valence-corrected chi connectivity index (χ4v) is 6.03. The van der Waals surface area contributed by atoms with Gasteiger partial charge in [-0.05, 0) is 34.3 Å². The van der Waals surface area contributed by atoms with Crippen molar-refractivity contribution >= 4 is 40.1 Å².